The van der Waals surface area contributed by atoms with Crippen LogP contribution in [0.25, 0.3) is 0 Å². The van der Waals surface area contributed by atoms with Gasteiger partial charge in [-0.05, 0) is 42.5 Å². The van der Waals surface area contributed by atoms with Crippen molar-refractivity contribution in [1.29, 1.82) is 0 Å². The minimum atomic E-state index is -3.16. The molecule has 0 aromatic heterocycles. The molecule has 0 amide bonds. The molecule has 0 saturated heterocycles. The summed E-state index contributed by atoms with van der Waals surface area (Å²) >= 11 is 0. The van der Waals surface area contributed by atoms with Crippen LogP contribution in [0.15, 0.2) is 23.1 Å². The lowest BCUT2D eigenvalue weighted by atomic mass is 10.0. The Morgan fingerprint density at radius 2 is 1.95 bits per heavy atom. The van der Waals surface area contributed by atoms with Gasteiger partial charge in [0.25, 0.3) is 0 Å². The first-order valence-electron chi connectivity index (χ1n) is 7.61. The second-order valence-corrected chi connectivity index (χ2v) is 7.95. The molecule has 0 aliphatic carbocycles. The van der Waals surface area contributed by atoms with Gasteiger partial charge in [0.05, 0.1) is 11.0 Å². The van der Waals surface area contributed by atoms with Crippen molar-refractivity contribution >= 4 is 9.84 Å². The zero-order valence-corrected chi connectivity index (χ0v) is 14.1. The van der Waals surface area contributed by atoms with Crippen molar-refractivity contribution < 1.29 is 18.3 Å². The minimum Gasteiger partial charge on any atom is -0.392 e. The van der Waals surface area contributed by atoms with Crippen molar-refractivity contribution in [3.63, 3.8) is 0 Å². The summed E-state index contributed by atoms with van der Waals surface area (Å²) in [6.07, 6.45) is 3.20. The highest BCUT2D eigenvalue weighted by molar-refractivity contribution is 7.90. The summed E-state index contributed by atoms with van der Waals surface area (Å²) in [7, 11) is -1.52. The Balaban J connectivity index is 2.01. The van der Waals surface area contributed by atoms with E-state index in [1.54, 1.807) is 19.2 Å². The van der Waals surface area contributed by atoms with Crippen LogP contribution >= 0.6 is 0 Å². The molecule has 1 N–H and O–H groups in total. The molecule has 2 rings (SSSR count). The van der Waals surface area contributed by atoms with Gasteiger partial charge in [0.15, 0.2) is 9.84 Å². The van der Waals surface area contributed by atoms with Gasteiger partial charge in [-0.15, -0.1) is 0 Å². The summed E-state index contributed by atoms with van der Waals surface area (Å²) in [6, 6.07) is 5.42. The van der Waals surface area contributed by atoms with Gasteiger partial charge in [0, 0.05) is 39.6 Å². The molecular formula is C16H25NO4S. The average molecular weight is 327 g/mol. The number of aliphatic hydroxyl groups excluding tert-OH is 1. The molecule has 6 heteroatoms. The molecule has 0 bridgehead atoms. The molecular weight excluding hydrogens is 302 g/mol. The van der Waals surface area contributed by atoms with E-state index in [2.05, 4.69) is 4.90 Å². The summed E-state index contributed by atoms with van der Waals surface area (Å²) in [5.74, 6) is 0. The fraction of sp³-hybridized carbons (Fsp3) is 0.625. The van der Waals surface area contributed by atoms with E-state index in [1.807, 2.05) is 6.07 Å². The molecule has 1 aromatic carbocycles. The van der Waals surface area contributed by atoms with E-state index in [1.165, 1.54) is 11.8 Å². The molecule has 0 radical (unpaired) electrons. The molecule has 0 saturated carbocycles. The predicted molar refractivity (Wildman–Crippen MR) is 85.9 cm³/mol. The van der Waals surface area contributed by atoms with Crippen molar-refractivity contribution in [1.82, 2.24) is 4.90 Å². The number of rotatable bonds is 6. The third-order valence-electron chi connectivity index (χ3n) is 4.12. The van der Waals surface area contributed by atoms with Gasteiger partial charge in [-0.2, -0.15) is 0 Å². The Labute approximate surface area is 132 Å². The van der Waals surface area contributed by atoms with Crippen LogP contribution in [0.4, 0.5) is 0 Å². The molecule has 1 aromatic rings. The Morgan fingerprint density at radius 3 is 2.59 bits per heavy atom. The van der Waals surface area contributed by atoms with E-state index in [-0.39, 0.29) is 6.10 Å². The van der Waals surface area contributed by atoms with Gasteiger partial charge in [-0.3, -0.25) is 0 Å². The molecule has 1 aliphatic rings. The number of aliphatic hydroxyl groups is 1. The van der Waals surface area contributed by atoms with Gasteiger partial charge in [0.1, 0.15) is 0 Å². The van der Waals surface area contributed by atoms with E-state index in [9.17, 15) is 13.5 Å². The summed E-state index contributed by atoms with van der Waals surface area (Å²) in [5, 5.41) is 9.99. The van der Waals surface area contributed by atoms with Crippen molar-refractivity contribution in [2.45, 2.75) is 30.3 Å². The molecule has 1 heterocycles. The SMILES string of the molecule is COCCC(O)CN1CCc2ccc(S(C)(=O)=O)cc2CC1. The van der Waals surface area contributed by atoms with Crippen LogP contribution in [0, 0.1) is 0 Å². The van der Waals surface area contributed by atoms with Gasteiger partial charge in [0.2, 0.25) is 0 Å². The van der Waals surface area contributed by atoms with E-state index in [0.717, 1.165) is 31.5 Å². The largest absolute Gasteiger partial charge is 0.392 e. The predicted octanol–water partition coefficient (Wildman–Crippen LogP) is 0.888. The maximum Gasteiger partial charge on any atom is 0.175 e. The summed E-state index contributed by atoms with van der Waals surface area (Å²) in [6.45, 7) is 2.92. The minimum absolute atomic E-state index is 0.382. The summed E-state index contributed by atoms with van der Waals surface area (Å²) in [4.78, 5) is 2.63. The highest BCUT2D eigenvalue weighted by Crippen LogP contribution is 2.20. The van der Waals surface area contributed by atoms with Crippen LogP contribution in [-0.4, -0.2) is 64.1 Å². The molecule has 0 fully saturated rings. The third kappa shape index (κ3) is 4.78. The first-order valence-corrected chi connectivity index (χ1v) is 9.50. The number of hydrogen-bond donors (Lipinski definition) is 1. The monoisotopic (exact) mass is 327 g/mol. The van der Waals surface area contributed by atoms with Gasteiger partial charge < -0.3 is 14.7 Å². The van der Waals surface area contributed by atoms with Crippen molar-refractivity contribution in [2.75, 3.05) is 39.6 Å². The van der Waals surface area contributed by atoms with E-state index < -0.39 is 9.84 Å². The van der Waals surface area contributed by atoms with Crippen LogP contribution in [0.1, 0.15) is 17.5 Å². The van der Waals surface area contributed by atoms with Crippen LogP contribution < -0.4 is 0 Å². The fourth-order valence-electron chi connectivity index (χ4n) is 2.80. The second-order valence-electron chi connectivity index (χ2n) is 5.94. The van der Waals surface area contributed by atoms with Crippen molar-refractivity contribution in [2.24, 2.45) is 0 Å². The molecule has 22 heavy (non-hydrogen) atoms. The highest BCUT2D eigenvalue weighted by atomic mass is 32.2. The Morgan fingerprint density at radius 1 is 1.27 bits per heavy atom. The zero-order valence-electron chi connectivity index (χ0n) is 13.3. The summed E-state index contributed by atoms with van der Waals surface area (Å²) < 4.78 is 28.3. The maximum absolute atomic E-state index is 11.7. The average Bonchev–Trinajstić information content (AvgIpc) is 2.66. The fourth-order valence-corrected chi connectivity index (χ4v) is 3.48. The molecule has 124 valence electrons. The number of sulfone groups is 1. The smallest absolute Gasteiger partial charge is 0.175 e. The normalized spacial score (nSPS) is 17.8. The number of hydrogen-bond acceptors (Lipinski definition) is 5. The Hall–Kier alpha value is -0.950. The molecule has 1 aliphatic heterocycles. The van der Waals surface area contributed by atoms with Gasteiger partial charge in [-0.1, -0.05) is 6.07 Å². The molecule has 0 spiro atoms. The highest BCUT2D eigenvalue weighted by Gasteiger charge is 2.18. The van der Waals surface area contributed by atoms with E-state index in [4.69, 9.17) is 4.74 Å². The Bertz CT molecular complexity index is 600. The third-order valence-corrected chi connectivity index (χ3v) is 5.24. The van der Waals surface area contributed by atoms with E-state index in [0.29, 0.717) is 24.5 Å². The number of methoxy groups -OCH3 is 1. The first kappa shape index (κ1) is 17.4. The number of benzene rings is 1. The van der Waals surface area contributed by atoms with Crippen LogP contribution in [0.3, 0.4) is 0 Å². The molecule has 1 atom stereocenters. The lowest BCUT2D eigenvalue weighted by Gasteiger charge is -2.22. The maximum atomic E-state index is 11.7. The Kier molecular flexibility index (Phi) is 5.97. The van der Waals surface area contributed by atoms with Crippen molar-refractivity contribution in [3.05, 3.63) is 29.3 Å². The van der Waals surface area contributed by atoms with Gasteiger partial charge in [-0.25, -0.2) is 8.42 Å². The lowest BCUT2D eigenvalue weighted by molar-refractivity contribution is 0.0770. The van der Waals surface area contributed by atoms with Crippen molar-refractivity contribution in [3.8, 4) is 0 Å². The second kappa shape index (κ2) is 7.55. The van der Waals surface area contributed by atoms with Crippen LogP contribution in [0.5, 0.6) is 0 Å². The molecule has 5 nitrogen and oxygen atoms in total. The van der Waals surface area contributed by atoms with Crippen LogP contribution in [-0.2, 0) is 27.4 Å². The topological polar surface area (TPSA) is 66.8 Å². The summed E-state index contributed by atoms with van der Waals surface area (Å²) in [5.41, 5.74) is 2.32. The zero-order chi connectivity index (χ0) is 16.2. The van der Waals surface area contributed by atoms with Gasteiger partial charge >= 0.3 is 0 Å². The molecule has 1 unspecified atom stereocenters. The van der Waals surface area contributed by atoms with E-state index >= 15 is 0 Å². The lowest BCUT2D eigenvalue weighted by Crippen LogP contribution is -2.34. The number of nitrogens with zero attached hydrogens (tertiary/aromatic N) is 1. The number of ether oxygens (including phenoxy) is 1. The number of β-amino-alcohol motifs (C(OH)–C–C–N with tert-alkyl or cyclic N) is 1. The standard InChI is InChI=1S/C16H25NO4S/c1-21-10-7-15(18)12-17-8-5-13-3-4-16(22(2,19)20)11-14(13)6-9-17/h3-4,11,15,18H,5-10,12H2,1-2H3. The first-order chi connectivity index (χ1) is 10.4. The quantitative estimate of drug-likeness (QED) is 0.840. The number of fused-ring (bicyclic) bond motifs is 1. The van der Waals surface area contributed by atoms with Crippen LogP contribution in [0.2, 0.25) is 0 Å².